The Balaban J connectivity index is 1.63. The van der Waals surface area contributed by atoms with E-state index < -0.39 is 5.95 Å². The molecule has 0 aromatic carbocycles. The molecule has 0 radical (unpaired) electrons. The Labute approximate surface area is 99.5 Å². The number of nitrogens with one attached hydrogen (secondary N) is 1. The lowest BCUT2D eigenvalue weighted by molar-refractivity contribution is 0.566. The van der Waals surface area contributed by atoms with E-state index in [-0.39, 0.29) is 0 Å². The van der Waals surface area contributed by atoms with E-state index in [9.17, 15) is 4.39 Å². The first-order valence-electron chi connectivity index (χ1n) is 5.61. The SMILES string of the molecule is Fc1cc(CNCCCn2ccnc2)ccn1. The second-order valence-corrected chi connectivity index (χ2v) is 3.82. The maximum absolute atomic E-state index is 12.8. The van der Waals surface area contributed by atoms with Crippen LogP contribution in [0.5, 0.6) is 0 Å². The summed E-state index contributed by atoms with van der Waals surface area (Å²) in [6.45, 7) is 2.50. The van der Waals surface area contributed by atoms with Crippen LogP contribution < -0.4 is 5.32 Å². The fourth-order valence-electron chi connectivity index (χ4n) is 1.59. The largest absolute Gasteiger partial charge is 0.337 e. The van der Waals surface area contributed by atoms with Crippen molar-refractivity contribution in [2.75, 3.05) is 6.54 Å². The Morgan fingerprint density at radius 1 is 1.35 bits per heavy atom. The molecule has 0 amide bonds. The first-order valence-corrected chi connectivity index (χ1v) is 5.61. The zero-order valence-corrected chi connectivity index (χ0v) is 9.51. The standard InChI is InChI=1S/C12H15FN4/c13-12-8-11(2-4-16-12)9-14-3-1-6-17-7-5-15-10-17/h2,4-5,7-8,10,14H,1,3,6,9H2. The molecule has 0 saturated heterocycles. The maximum atomic E-state index is 12.8. The van der Waals surface area contributed by atoms with Crippen molar-refractivity contribution in [3.8, 4) is 0 Å². The van der Waals surface area contributed by atoms with Gasteiger partial charge in [-0.05, 0) is 30.7 Å². The normalized spacial score (nSPS) is 10.6. The summed E-state index contributed by atoms with van der Waals surface area (Å²) in [7, 11) is 0. The van der Waals surface area contributed by atoms with Crippen molar-refractivity contribution < 1.29 is 4.39 Å². The highest BCUT2D eigenvalue weighted by Crippen LogP contribution is 1.99. The number of aryl methyl sites for hydroxylation is 1. The molecule has 0 saturated carbocycles. The molecule has 5 heteroatoms. The van der Waals surface area contributed by atoms with Crippen LogP contribution in [0, 0.1) is 5.95 Å². The molecule has 4 nitrogen and oxygen atoms in total. The van der Waals surface area contributed by atoms with E-state index in [1.807, 2.05) is 16.8 Å². The molecule has 1 N–H and O–H groups in total. The minimum Gasteiger partial charge on any atom is -0.337 e. The lowest BCUT2D eigenvalue weighted by Gasteiger charge is -2.05. The second kappa shape index (κ2) is 6.10. The molecule has 0 unspecified atom stereocenters. The molecule has 2 rings (SSSR count). The van der Waals surface area contributed by atoms with E-state index in [4.69, 9.17) is 0 Å². The second-order valence-electron chi connectivity index (χ2n) is 3.82. The zero-order chi connectivity index (χ0) is 11.9. The third-order valence-electron chi connectivity index (χ3n) is 2.45. The van der Waals surface area contributed by atoms with E-state index in [0.717, 1.165) is 25.1 Å². The van der Waals surface area contributed by atoms with Gasteiger partial charge in [-0.1, -0.05) is 0 Å². The van der Waals surface area contributed by atoms with Crippen LogP contribution in [0.1, 0.15) is 12.0 Å². The van der Waals surface area contributed by atoms with Crippen molar-refractivity contribution in [3.05, 3.63) is 48.6 Å². The monoisotopic (exact) mass is 234 g/mol. The molecule has 0 atom stereocenters. The molecule has 17 heavy (non-hydrogen) atoms. The van der Waals surface area contributed by atoms with E-state index >= 15 is 0 Å². The van der Waals surface area contributed by atoms with Crippen molar-refractivity contribution in [2.45, 2.75) is 19.5 Å². The smallest absolute Gasteiger partial charge is 0.213 e. The molecule has 0 bridgehead atoms. The summed E-state index contributed by atoms with van der Waals surface area (Å²) in [6, 6.07) is 3.26. The van der Waals surface area contributed by atoms with Crippen LogP contribution in [0.4, 0.5) is 4.39 Å². The van der Waals surface area contributed by atoms with Gasteiger partial charge in [0, 0.05) is 31.7 Å². The Bertz CT molecular complexity index is 442. The Morgan fingerprint density at radius 2 is 2.29 bits per heavy atom. The number of rotatable bonds is 6. The lowest BCUT2D eigenvalue weighted by Crippen LogP contribution is -2.16. The predicted octanol–water partition coefficient (Wildman–Crippen LogP) is 1.60. The van der Waals surface area contributed by atoms with E-state index in [2.05, 4.69) is 15.3 Å². The van der Waals surface area contributed by atoms with Crippen LogP contribution in [0.25, 0.3) is 0 Å². The van der Waals surface area contributed by atoms with Gasteiger partial charge in [0.2, 0.25) is 5.95 Å². The number of hydrogen-bond acceptors (Lipinski definition) is 3. The topological polar surface area (TPSA) is 42.7 Å². The first-order chi connectivity index (χ1) is 8.34. The number of imidazole rings is 1. The van der Waals surface area contributed by atoms with Crippen LogP contribution in [0.2, 0.25) is 0 Å². The molecular weight excluding hydrogens is 219 g/mol. The summed E-state index contributed by atoms with van der Waals surface area (Å²) >= 11 is 0. The van der Waals surface area contributed by atoms with Gasteiger partial charge in [-0.2, -0.15) is 4.39 Å². The summed E-state index contributed by atoms with van der Waals surface area (Å²) < 4.78 is 14.8. The van der Waals surface area contributed by atoms with Crippen LogP contribution in [-0.4, -0.2) is 21.1 Å². The average Bonchev–Trinajstić information content (AvgIpc) is 2.82. The first kappa shape index (κ1) is 11.7. The summed E-state index contributed by atoms with van der Waals surface area (Å²) in [4.78, 5) is 7.49. The maximum Gasteiger partial charge on any atom is 0.213 e. The Kier molecular flexibility index (Phi) is 4.21. The van der Waals surface area contributed by atoms with Crippen LogP contribution >= 0.6 is 0 Å². The van der Waals surface area contributed by atoms with Gasteiger partial charge in [-0.3, -0.25) is 0 Å². The van der Waals surface area contributed by atoms with Crippen molar-refractivity contribution in [3.63, 3.8) is 0 Å². The lowest BCUT2D eigenvalue weighted by atomic mass is 10.2. The van der Waals surface area contributed by atoms with Crippen molar-refractivity contribution in [2.24, 2.45) is 0 Å². The molecule has 2 heterocycles. The number of nitrogens with zero attached hydrogens (tertiary/aromatic N) is 3. The summed E-state index contributed by atoms with van der Waals surface area (Å²) in [6.07, 6.45) is 8.02. The molecule has 2 aromatic heterocycles. The van der Waals surface area contributed by atoms with Crippen molar-refractivity contribution in [1.82, 2.24) is 19.9 Å². The van der Waals surface area contributed by atoms with E-state index in [1.54, 1.807) is 12.5 Å². The molecule has 2 aromatic rings. The molecule has 0 fully saturated rings. The fourth-order valence-corrected chi connectivity index (χ4v) is 1.59. The fraction of sp³-hybridized carbons (Fsp3) is 0.333. The highest BCUT2D eigenvalue weighted by atomic mass is 19.1. The van der Waals surface area contributed by atoms with Gasteiger partial charge >= 0.3 is 0 Å². The minimum absolute atomic E-state index is 0.428. The molecule has 0 aliphatic heterocycles. The number of halogens is 1. The summed E-state index contributed by atoms with van der Waals surface area (Å²) in [5.41, 5.74) is 0.917. The highest BCUT2D eigenvalue weighted by molar-refractivity contribution is 5.10. The molecule has 90 valence electrons. The molecule has 0 aliphatic carbocycles. The Hall–Kier alpha value is -1.75. The van der Waals surface area contributed by atoms with Gasteiger partial charge in [0.25, 0.3) is 0 Å². The third-order valence-corrected chi connectivity index (χ3v) is 2.45. The van der Waals surface area contributed by atoms with Gasteiger partial charge < -0.3 is 9.88 Å². The molecule has 0 aliphatic rings. The highest BCUT2D eigenvalue weighted by Gasteiger charge is 1.96. The van der Waals surface area contributed by atoms with Crippen molar-refractivity contribution >= 4 is 0 Å². The van der Waals surface area contributed by atoms with Gasteiger partial charge in [0.15, 0.2) is 0 Å². The van der Waals surface area contributed by atoms with Gasteiger partial charge in [0.1, 0.15) is 0 Å². The van der Waals surface area contributed by atoms with Crippen LogP contribution in [-0.2, 0) is 13.1 Å². The van der Waals surface area contributed by atoms with E-state index in [0.29, 0.717) is 6.54 Å². The average molecular weight is 234 g/mol. The minimum atomic E-state index is -0.428. The summed E-state index contributed by atoms with van der Waals surface area (Å²) in [5, 5.41) is 3.26. The third kappa shape index (κ3) is 3.96. The van der Waals surface area contributed by atoms with E-state index in [1.165, 1.54) is 12.3 Å². The van der Waals surface area contributed by atoms with Crippen molar-refractivity contribution in [1.29, 1.82) is 0 Å². The number of aromatic nitrogens is 3. The van der Waals surface area contributed by atoms with Gasteiger partial charge in [0.05, 0.1) is 6.33 Å². The van der Waals surface area contributed by atoms with Gasteiger partial charge in [-0.15, -0.1) is 0 Å². The summed E-state index contributed by atoms with van der Waals surface area (Å²) in [5.74, 6) is -0.428. The van der Waals surface area contributed by atoms with Crippen LogP contribution in [0.15, 0.2) is 37.1 Å². The number of pyridine rings is 1. The Morgan fingerprint density at radius 3 is 3.06 bits per heavy atom. The zero-order valence-electron chi connectivity index (χ0n) is 9.51. The van der Waals surface area contributed by atoms with Gasteiger partial charge in [-0.25, -0.2) is 9.97 Å². The molecular formula is C12H15FN4. The quantitative estimate of drug-likeness (QED) is 0.610. The van der Waals surface area contributed by atoms with Crippen LogP contribution in [0.3, 0.4) is 0 Å². The predicted molar refractivity (Wildman–Crippen MR) is 62.7 cm³/mol. The molecule has 0 spiro atoms. The number of hydrogen-bond donors (Lipinski definition) is 1.